The Balaban J connectivity index is 2.07. The number of rotatable bonds is 4. The molecule has 3 N–H and O–H groups in total. The number of hydrogen-bond donors (Lipinski definition) is 2. The summed E-state index contributed by atoms with van der Waals surface area (Å²) in [6, 6.07) is 5.98. The molecule has 0 aromatic heterocycles. The molecule has 2 nitrogen and oxygen atoms in total. The fraction of sp³-hybridized carbons (Fsp3) is 0.625. The van der Waals surface area contributed by atoms with Gasteiger partial charge in [0, 0.05) is 22.2 Å². The number of nitrogens with two attached hydrogens (primary N) is 1. The van der Waals surface area contributed by atoms with E-state index in [0.717, 1.165) is 39.9 Å². The summed E-state index contributed by atoms with van der Waals surface area (Å²) >= 11 is 9.52. The molecule has 4 heteroatoms. The largest absolute Gasteiger partial charge is 0.378 e. The van der Waals surface area contributed by atoms with Crippen LogP contribution in [0.1, 0.15) is 39.5 Å². The first-order valence-electron chi connectivity index (χ1n) is 7.39. The highest BCUT2D eigenvalue weighted by Crippen LogP contribution is 2.38. The predicted octanol–water partition coefficient (Wildman–Crippen LogP) is 5.06. The van der Waals surface area contributed by atoms with Gasteiger partial charge in [0.25, 0.3) is 0 Å². The molecule has 0 spiro atoms. The van der Waals surface area contributed by atoms with E-state index in [0.29, 0.717) is 6.54 Å². The van der Waals surface area contributed by atoms with Crippen LogP contribution in [0.25, 0.3) is 0 Å². The van der Waals surface area contributed by atoms with E-state index < -0.39 is 0 Å². The molecule has 2 rings (SSSR count). The molecule has 0 heterocycles. The van der Waals surface area contributed by atoms with Crippen molar-refractivity contribution in [2.24, 2.45) is 17.6 Å². The van der Waals surface area contributed by atoms with Gasteiger partial charge in [-0.25, -0.2) is 0 Å². The summed E-state index contributed by atoms with van der Waals surface area (Å²) in [5.74, 6) is 1.61. The van der Waals surface area contributed by atoms with Gasteiger partial charge in [0.05, 0.1) is 5.02 Å². The number of benzene rings is 1. The van der Waals surface area contributed by atoms with Crippen LogP contribution in [-0.2, 0) is 0 Å². The van der Waals surface area contributed by atoms with Crippen LogP contribution in [0.4, 0.5) is 5.69 Å². The van der Waals surface area contributed by atoms with Crippen LogP contribution in [0.3, 0.4) is 0 Å². The molecule has 1 aromatic carbocycles. The summed E-state index contributed by atoms with van der Waals surface area (Å²) in [6.45, 7) is 5.33. The number of halogens is 2. The third kappa shape index (κ3) is 3.69. The molecule has 112 valence electrons. The summed E-state index contributed by atoms with van der Waals surface area (Å²) in [4.78, 5) is 0. The van der Waals surface area contributed by atoms with Crippen LogP contribution in [0.2, 0.25) is 5.02 Å². The molecule has 0 saturated heterocycles. The predicted molar refractivity (Wildman–Crippen MR) is 91.4 cm³/mol. The van der Waals surface area contributed by atoms with Crippen LogP contribution < -0.4 is 11.1 Å². The van der Waals surface area contributed by atoms with E-state index in [9.17, 15) is 0 Å². The maximum absolute atomic E-state index is 6.08. The Hall–Kier alpha value is -0.250. The van der Waals surface area contributed by atoms with Gasteiger partial charge >= 0.3 is 0 Å². The molecule has 20 heavy (non-hydrogen) atoms. The number of hydrogen-bond acceptors (Lipinski definition) is 2. The standard InChI is InChI=1S/C16H24BrClN2/c1-11(2)12-5-7-16(10-19,8-6-12)20-13-3-4-15(18)14(17)9-13/h3-4,9,11-12,20H,5-8,10,19H2,1-2H3. The molecule has 1 fully saturated rings. The van der Waals surface area contributed by atoms with Crippen LogP contribution >= 0.6 is 27.5 Å². The Morgan fingerprint density at radius 2 is 2.05 bits per heavy atom. The highest BCUT2D eigenvalue weighted by molar-refractivity contribution is 9.10. The maximum Gasteiger partial charge on any atom is 0.0549 e. The first-order valence-corrected chi connectivity index (χ1v) is 8.56. The zero-order chi connectivity index (χ0) is 14.8. The van der Waals surface area contributed by atoms with E-state index >= 15 is 0 Å². The van der Waals surface area contributed by atoms with Gasteiger partial charge in [-0.05, 0) is 71.6 Å². The first-order chi connectivity index (χ1) is 9.46. The van der Waals surface area contributed by atoms with Gasteiger partial charge in [-0.3, -0.25) is 0 Å². The minimum Gasteiger partial charge on any atom is -0.378 e. The molecule has 0 unspecified atom stereocenters. The van der Waals surface area contributed by atoms with Crippen molar-refractivity contribution in [3.05, 3.63) is 27.7 Å². The summed E-state index contributed by atoms with van der Waals surface area (Å²) in [5.41, 5.74) is 7.21. The Kier molecular flexibility index (Phi) is 5.38. The normalized spacial score (nSPS) is 26.8. The van der Waals surface area contributed by atoms with Crippen LogP contribution in [0.5, 0.6) is 0 Å². The third-order valence-electron chi connectivity index (χ3n) is 4.65. The van der Waals surface area contributed by atoms with Crippen molar-refractivity contribution in [2.45, 2.75) is 45.1 Å². The monoisotopic (exact) mass is 358 g/mol. The van der Waals surface area contributed by atoms with Gasteiger partial charge in [-0.1, -0.05) is 25.4 Å². The van der Waals surface area contributed by atoms with Gasteiger partial charge in [-0.2, -0.15) is 0 Å². The van der Waals surface area contributed by atoms with Crippen molar-refractivity contribution in [1.82, 2.24) is 0 Å². The summed E-state index contributed by atoms with van der Waals surface area (Å²) in [7, 11) is 0. The molecule has 0 bridgehead atoms. The molecule has 0 atom stereocenters. The zero-order valence-corrected chi connectivity index (χ0v) is 14.6. The highest BCUT2D eigenvalue weighted by atomic mass is 79.9. The molecule has 0 amide bonds. The van der Waals surface area contributed by atoms with Crippen molar-refractivity contribution in [3.8, 4) is 0 Å². The van der Waals surface area contributed by atoms with E-state index in [4.69, 9.17) is 17.3 Å². The lowest BCUT2D eigenvalue weighted by Crippen LogP contribution is -2.48. The number of nitrogens with one attached hydrogen (secondary N) is 1. The summed E-state index contributed by atoms with van der Waals surface area (Å²) in [5, 5.41) is 4.39. The second kappa shape index (κ2) is 6.67. The zero-order valence-electron chi connectivity index (χ0n) is 12.3. The van der Waals surface area contributed by atoms with E-state index in [1.54, 1.807) is 0 Å². The van der Waals surface area contributed by atoms with Crippen molar-refractivity contribution in [3.63, 3.8) is 0 Å². The molecular formula is C16H24BrClN2. The molecule has 1 saturated carbocycles. The van der Waals surface area contributed by atoms with Crippen molar-refractivity contribution >= 4 is 33.2 Å². The van der Waals surface area contributed by atoms with Gasteiger partial charge in [0.2, 0.25) is 0 Å². The van der Waals surface area contributed by atoms with E-state index in [2.05, 4.69) is 35.1 Å². The smallest absolute Gasteiger partial charge is 0.0549 e. The van der Waals surface area contributed by atoms with Crippen molar-refractivity contribution in [2.75, 3.05) is 11.9 Å². The van der Waals surface area contributed by atoms with Crippen molar-refractivity contribution in [1.29, 1.82) is 0 Å². The fourth-order valence-corrected chi connectivity index (χ4v) is 3.62. The lowest BCUT2D eigenvalue weighted by molar-refractivity contribution is 0.213. The lowest BCUT2D eigenvalue weighted by atomic mass is 9.72. The maximum atomic E-state index is 6.08. The van der Waals surface area contributed by atoms with Crippen LogP contribution in [0.15, 0.2) is 22.7 Å². The first kappa shape index (κ1) is 16.1. The van der Waals surface area contributed by atoms with Gasteiger partial charge in [-0.15, -0.1) is 0 Å². The van der Waals surface area contributed by atoms with E-state index in [1.807, 2.05) is 18.2 Å². The fourth-order valence-electron chi connectivity index (χ4n) is 3.12. The minimum atomic E-state index is 0.0403. The average Bonchev–Trinajstić information content (AvgIpc) is 2.43. The molecular weight excluding hydrogens is 336 g/mol. The minimum absolute atomic E-state index is 0.0403. The molecule has 1 aliphatic rings. The Morgan fingerprint density at radius 1 is 1.40 bits per heavy atom. The topological polar surface area (TPSA) is 38.0 Å². The third-order valence-corrected chi connectivity index (χ3v) is 5.86. The SMILES string of the molecule is CC(C)C1CCC(CN)(Nc2ccc(Cl)c(Br)c2)CC1. The second-order valence-corrected chi connectivity index (χ2v) is 7.58. The average molecular weight is 360 g/mol. The highest BCUT2D eigenvalue weighted by Gasteiger charge is 2.34. The number of anilines is 1. The second-order valence-electron chi connectivity index (χ2n) is 6.32. The lowest BCUT2D eigenvalue weighted by Gasteiger charge is -2.42. The quantitative estimate of drug-likeness (QED) is 0.788. The Morgan fingerprint density at radius 3 is 2.55 bits per heavy atom. The molecule has 0 aliphatic heterocycles. The summed E-state index contributed by atoms with van der Waals surface area (Å²) < 4.78 is 0.923. The van der Waals surface area contributed by atoms with Crippen LogP contribution in [0, 0.1) is 11.8 Å². The Bertz CT molecular complexity index is 454. The molecule has 0 radical (unpaired) electrons. The molecule has 1 aliphatic carbocycles. The van der Waals surface area contributed by atoms with Gasteiger partial charge < -0.3 is 11.1 Å². The van der Waals surface area contributed by atoms with E-state index in [-0.39, 0.29) is 5.54 Å². The van der Waals surface area contributed by atoms with Crippen molar-refractivity contribution < 1.29 is 0 Å². The summed E-state index contributed by atoms with van der Waals surface area (Å²) in [6.07, 6.45) is 4.81. The van der Waals surface area contributed by atoms with E-state index in [1.165, 1.54) is 12.8 Å². The van der Waals surface area contributed by atoms with Gasteiger partial charge in [0.15, 0.2) is 0 Å². The molecule has 1 aromatic rings. The van der Waals surface area contributed by atoms with Crippen LogP contribution in [-0.4, -0.2) is 12.1 Å². The van der Waals surface area contributed by atoms with Gasteiger partial charge in [0.1, 0.15) is 0 Å². The Labute approximate surface area is 135 Å².